The summed E-state index contributed by atoms with van der Waals surface area (Å²) in [6.07, 6.45) is 6.78. The van der Waals surface area contributed by atoms with E-state index in [1.165, 1.54) is 25.7 Å². The number of aromatic nitrogens is 1. The van der Waals surface area contributed by atoms with Gasteiger partial charge in [0.25, 0.3) is 5.91 Å². The molecule has 1 amide bonds. The Bertz CT molecular complexity index is 449. The van der Waals surface area contributed by atoms with Crippen LogP contribution in [0.25, 0.3) is 0 Å². The van der Waals surface area contributed by atoms with E-state index >= 15 is 0 Å². The van der Waals surface area contributed by atoms with Crippen LogP contribution in [0.5, 0.6) is 0 Å². The van der Waals surface area contributed by atoms with E-state index in [9.17, 15) is 4.79 Å². The van der Waals surface area contributed by atoms with Crippen molar-refractivity contribution in [2.24, 2.45) is 11.8 Å². The van der Waals surface area contributed by atoms with Gasteiger partial charge in [0.15, 0.2) is 0 Å². The lowest BCUT2D eigenvalue weighted by Gasteiger charge is -2.22. The molecule has 2 fully saturated rings. The third kappa shape index (κ3) is 2.23. The largest absolute Gasteiger partial charge is 0.349 e. The molecule has 1 aromatic heterocycles. The summed E-state index contributed by atoms with van der Waals surface area (Å²) in [5, 5.41) is 3.17. The van der Waals surface area contributed by atoms with E-state index in [0.717, 1.165) is 5.92 Å². The van der Waals surface area contributed by atoms with Crippen molar-refractivity contribution in [3.8, 4) is 0 Å². The van der Waals surface area contributed by atoms with E-state index in [-0.39, 0.29) is 5.91 Å². The van der Waals surface area contributed by atoms with Gasteiger partial charge in [-0.15, -0.1) is 0 Å². The molecule has 0 aromatic carbocycles. The van der Waals surface area contributed by atoms with Crippen molar-refractivity contribution in [1.29, 1.82) is 0 Å². The smallest absolute Gasteiger partial charge is 0.251 e. The molecule has 0 aliphatic heterocycles. The van der Waals surface area contributed by atoms with Crippen LogP contribution in [-0.4, -0.2) is 16.9 Å². The maximum atomic E-state index is 12.1. The summed E-state index contributed by atoms with van der Waals surface area (Å²) in [7, 11) is 0. The first-order valence-corrected chi connectivity index (χ1v) is 6.94. The van der Waals surface area contributed by atoms with Gasteiger partial charge in [-0.25, -0.2) is 4.98 Å². The average molecular weight is 295 g/mol. The van der Waals surface area contributed by atoms with Gasteiger partial charge in [-0.1, -0.05) is 6.42 Å². The first-order chi connectivity index (χ1) is 8.22. The number of halogens is 1. The maximum absolute atomic E-state index is 12.1. The molecule has 0 saturated heterocycles. The molecule has 2 bridgehead atoms. The van der Waals surface area contributed by atoms with Crippen LogP contribution >= 0.6 is 15.9 Å². The van der Waals surface area contributed by atoms with E-state index < -0.39 is 0 Å². The Morgan fingerprint density at radius 1 is 1.41 bits per heavy atom. The number of pyridine rings is 1. The molecule has 0 spiro atoms. The van der Waals surface area contributed by atoms with Crippen molar-refractivity contribution in [3.05, 3.63) is 28.5 Å². The molecule has 3 rings (SSSR count). The highest BCUT2D eigenvalue weighted by molar-refractivity contribution is 9.10. The standard InChI is InChI=1S/C13H15BrN2O/c14-12-7-10(3-4-15-12)13(17)16-11-6-8-1-2-9(11)5-8/h3-4,7-9,11H,1-2,5-6H2,(H,16,17). The van der Waals surface area contributed by atoms with Crippen molar-refractivity contribution in [1.82, 2.24) is 10.3 Å². The number of amides is 1. The summed E-state index contributed by atoms with van der Waals surface area (Å²) in [6, 6.07) is 3.92. The van der Waals surface area contributed by atoms with Crippen molar-refractivity contribution >= 4 is 21.8 Å². The topological polar surface area (TPSA) is 42.0 Å². The third-order valence-corrected chi connectivity index (χ3v) is 4.48. The van der Waals surface area contributed by atoms with Gasteiger partial charge < -0.3 is 5.32 Å². The number of carbonyl (C=O) groups excluding carboxylic acids is 1. The second-order valence-corrected chi connectivity index (χ2v) is 5.93. The zero-order chi connectivity index (χ0) is 11.8. The molecular formula is C13H15BrN2O. The van der Waals surface area contributed by atoms with Gasteiger partial charge in [0, 0.05) is 17.8 Å². The van der Waals surface area contributed by atoms with Gasteiger partial charge >= 0.3 is 0 Å². The minimum Gasteiger partial charge on any atom is -0.349 e. The minimum atomic E-state index is 0.0330. The predicted molar refractivity (Wildman–Crippen MR) is 68.6 cm³/mol. The Kier molecular flexibility index (Phi) is 2.90. The molecule has 3 unspecified atom stereocenters. The first-order valence-electron chi connectivity index (χ1n) is 6.15. The minimum absolute atomic E-state index is 0.0330. The number of rotatable bonds is 2. The molecule has 1 N–H and O–H groups in total. The molecule has 0 radical (unpaired) electrons. The fourth-order valence-corrected chi connectivity index (χ4v) is 3.58. The Morgan fingerprint density at radius 2 is 2.29 bits per heavy atom. The SMILES string of the molecule is O=C(NC1CC2CCC1C2)c1ccnc(Br)c1. The second-order valence-electron chi connectivity index (χ2n) is 5.12. The zero-order valence-corrected chi connectivity index (χ0v) is 11.1. The Balaban J connectivity index is 1.68. The van der Waals surface area contributed by atoms with E-state index in [2.05, 4.69) is 26.2 Å². The Labute approximate surface area is 109 Å². The number of nitrogens with one attached hydrogen (secondary N) is 1. The van der Waals surface area contributed by atoms with E-state index in [4.69, 9.17) is 0 Å². The molecule has 90 valence electrons. The molecule has 4 heteroatoms. The van der Waals surface area contributed by atoms with Gasteiger partial charge in [0.05, 0.1) is 0 Å². The van der Waals surface area contributed by atoms with E-state index in [0.29, 0.717) is 22.1 Å². The predicted octanol–water partition coefficient (Wildman–Crippen LogP) is 2.76. The highest BCUT2D eigenvalue weighted by Gasteiger charge is 2.40. The molecule has 1 aromatic rings. The fraction of sp³-hybridized carbons (Fsp3) is 0.538. The molecule has 2 saturated carbocycles. The van der Waals surface area contributed by atoms with Gasteiger partial charge in [0.1, 0.15) is 4.60 Å². The Morgan fingerprint density at radius 3 is 2.94 bits per heavy atom. The van der Waals surface area contributed by atoms with Gasteiger partial charge in [-0.2, -0.15) is 0 Å². The summed E-state index contributed by atoms with van der Waals surface area (Å²) >= 11 is 3.28. The fourth-order valence-electron chi connectivity index (χ4n) is 3.22. The molecule has 2 aliphatic carbocycles. The third-order valence-electron chi connectivity index (χ3n) is 4.04. The Hall–Kier alpha value is -0.900. The van der Waals surface area contributed by atoms with Crippen LogP contribution in [0.15, 0.2) is 22.9 Å². The van der Waals surface area contributed by atoms with Gasteiger partial charge in [-0.3, -0.25) is 4.79 Å². The maximum Gasteiger partial charge on any atom is 0.251 e. The van der Waals surface area contributed by atoms with Crippen molar-refractivity contribution < 1.29 is 4.79 Å². The highest BCUT2D eigenvalue weighted by Crippen LogP contribution is 2.44. The molecule has 2 aliphatic rings. The van der Waals surface area contributed by atoms with Crippen LogP contribution in [0.3, 0.4) is 0 Å². The molecule has 3 atom stereocenters. The van der Waals surface area contributed by atoms with Gasteiger partial charge in [-0.05, 0) is 59.2 Å². The van der Waals surface area contributed by atoms with Crippen LogP contribution in [0.2, 0.25) is 0 Å². The zero-order valence-electron chi connectivity index (χ0n) is 9.53. The van der Waals surface area contributed by atoms with Crippen LogP contribution in [0.1, 0.15) is 36.0 Å². The molecule has 3 nitrogen and oxygen atoms in total. The summed E-state index contributed by atoms with van der Waals surface area (Å²) in [5.41, 5.74) is 0.689. The molecule has 17 heavy (non-hydrogen) atoms. The molecular weight excluding hydrogens is 280 g/mol. The van der Waals surface area contributed by atoms with E-state index in [1.807, 2.05) is 0 Å². The lowest BCUT2D eigenvalue weighted by molar-refractivity contribution is 0.0922. The van der Waals surface area contributed by atoms with Crippen molar-refractivity contribution in [3.63, 3.8) is 0 Å². The van der Waals surface area contributed by atoms with Crippen LogP contribution < -0.4 is 5.32 Å². The van der Waals surface area contributed by atoms with Crippen molar-refractivity contribution in [2.75, 3.05) is 0 Å². The number of hydrogen-bond donors (Lipinski definition) is 1. The number of carbonyl (C=O) groups is 1. The monoisotopic (exact) mass is 294 g/mol. The summed E-state index contributed by atoms with van der Waals surface area (Å²) < 4.78 is 0.707. The second kappa shape index (κ2) is 4.41. The normalized spacial score (nSPS) is 30.5. The summed E-state index contributed by atoms with van der Waals surface area (Å²) in [5.74, 6) is 1.61. The average Bonchev–Trinajstić information content (AvgIpc) is 2.91. The lowest BCUT2D eigenvalue weighted by atomic mass is 9.95. The van der Waals surface area contributed by atoms with Crippen LogP contribution in [0.4, 0.5) is 0 Å². The number of hydrogen-bond acceptors (Lipinski definition) is 2. The highest BCUT2D eigenvalue weighted by atomic mass is 79.9. The first kappa shape index (κ1) is 11.2. The summed E-state index contributed by atoms with van der Waals surface area (Å²) in [6.45, 7) is 0. The van der Waals surface area contributed by atoms with Crippen LogP contribution in [-0.2, 0) is 0 Å². The van der Waals surface area contributed by atoms with Crippen molar-refractivity contribution in [2.45, 2.75) is 31.7 Å². The van der Waals surface area contributed by atoms with Crippen LogP contribution in [0, 0.1) is 11.8 Å². The molecule has 1 heterocycles. The number of nitrogens with zero attached hydrogens (tertiary/aromatic N) is 1. The quantitative estimate of drug-likeness (QED) is 0.852. The lowest BCUT2D eigenvalue weighted by Crippen LogP contribution is -2.38. The summed E-state index contributed by atoms with van der Waals surface area (Å²) in [4.78, 5) is 16.1. The van der Waals surface area contributed by atoms with Gasteiger partial charge in [0.2, 0.25) is 0 Å². The van der Waals surface area contributed by atoms with E-state index in [1.54, 1.807) is 18.3 Å². The number of fused-ring (bicyclic) bond motifs is 2.